The van der Waals surface area contributed by atoms with Gasteiger partial charge >= 0.3 is 0 Å². The molecular weight excluding hydrogens is 284 g/mol. The number of nitrogens with two attached hydrogens (primary N) is 1. The molecule has 3 aromatic rings. The third-order valence-electron chi connectivity index (χ3n) is 3.75. The van der Waals surface area contributed by atoms with E-state index in [9.17, 15) is 5.26 Å². The van der Waals surface area contributed by atoms with E-state index in [1.54, 1.807) is 6.20 Å². The van der Waals surface area contributed by atoms with Gasteiger partial charge in [-0.15, -0.1) is 0 Å². The highest BCUT2D eigenvalue weighted by molar-refractivity contribution is 5.75. The summed E-state index contributed by atoms with van der Waals surface area (Å²) in [6.45, 7) is 0. The van der Waals surface area contributed by atoms with Gasteiger partial charge in [-0.2, -0.15) is 5.26 Å². The van der Waals surface area contributed by atoms with Gasteiger partial charge in [-0.3, -0.25) is 0 Å². The van der Waals surface area contributed by atoms with Crippen molar-refractivity contribution in [3.63, 3.8) is 0 Å². The van der Waals surface area contributed by atoms with Crippen molar-refractivity contribution in [1.29, 1.82) is 5.26 Å². The van der Waals surface area contributed by atoms with Crippen LogP contribution in [0.3, 0.4) is 0 Å². The van der Waals surface area contributed by atoms with Crippen LogP contribution < -0.4 is 10.6 Å². The second kappa shape index (κ2) is 6.20. The smallest absolute Gasteiger partial charge is 0.155 e. The molecule has 112 valence electrons. The molecule has 0 saturated carbocycles. The van der Waals surface area contributed by atoms with Gasteiger partial charge in [0.05, 0.1) is 17.3 Å². The van der Waals surface area contributed by atoms with Crippen LogP contribution in [0.15, 0.2) is 66.9 Å². The van der Waals surface area contributed by atoms with Crippen LogP contribution in [0.5, 0.6) is 0 Å². The lowest BCUT2D eigenvalue weighted by Crippen LogP contribution is -2.13. The summed E-state index contributed by atoms with van der Waals surface area (Å²) in [6, 6.07) is 21.4. The number of pyridine rings is 1. The second-order valence-electron chi connectivity index (χ2n) is 5.18. The lowest BCUT2D eigenvalue weighted by molar-refractivity contribution is 1.13. The number of benzene rings is 2. The summed E-state index contributed by atoms with van der Waals surface area (Å²) in [4.78, 5) is 6.26. The minimum absolute atomic E-state index is 0.633. The van der Waals surface area contributed by atoms with Crippen LogP contribution in [0.25, 0.3) is 11.1 Å². The number of nitrogens with zero attached hydrogens (tertiary/aromatic N) is 3. The first-order valence-electron chi connectivity index (χ1n) is 7.24. The molecule has 0 unspecified atom stereocenters. The van der Waals surface area contributed by atoms with Crippen molar-refractivity contribution < 1.29 is 0 Å². The van der Waals surface area contributed by atoms with E-state index in [1.165, 1.54) is 0 Å². The van der Waals surface area contributed by atoms with E-state index in [4.69, 9.17) is 5.73 Å². The van der Waals surface area contributed by atoms with Crippen LogP contribution in [0.4, 0.5) is 17.2 Å². The molecule has 0 aliphatic carbocycles. The van der Waals surface area contributed by atoms with Gasteiger partial charge in [0.15, 0.2) is 5.82 Å². The lowest BCUT2D eigenvalue weighted by atomic mass is 10.0. The molecule has 0 aliphatic heterocycles. The Morgan fingerprint density at radius 2 is 1.74 bits per heavy atom. The zero-order valence-corrected chi connectivity index (χ0v) is 12.8. The largest absolute Gasteiger partial charge is 0.396 e. The van der Waals surface area contributed by atoms with Gasteiger partial charge in [0.1, 0.15) is 0 Å². The van der Waals surface area contributed by atoms with Crippen LogP contribution in [0.1, 0.15) is 5.56 Å². The van der Waals surface area contributed by atoms with E-state index in [0.29, 0.717) is 11.3 Å². The fourth-order valence-corrected chi connectivity index (χ4v) is 2.51. The second-order valence-corrected chi connectivity index (χ2v) is 5.18. The number of hydrogen-bond acceptors (Lipinski definition) is 4. The van der Waals surface area contributed by atoms with Crippen LogP contribution in [0.2, 0.25) is 0 Å². The fraction of sp³-hybridized carbons (Fsp3) is 0.0526. The number of hydrogen-bond donors (Lipinski definition) is 1. The van der Waals surface area contributed by atoms with Crippen molar-refractivity contribution in [3.8, 4) is 17.2 Å². The van der Waals surface area contributed by atoms with E-state index >= 15 is 0 Å². The maximum Gasteiger partial charge on any atom is 0.155 e. The van der Waals surface area contributed by atoms with Gasteiger partial charge in [0.2, 0.25) is 0 Å². The Balaban J connectivity index is 1.94. The minimum atomic E-state index is 0.633. The first-order chi connectivity index (χ1) is 11.2. The summed E-state index contributed by atoms with van der Waals surface area (Å²) in [5, 5.41) is 9.22. The molecule has 0 amide bonds. The zero-order valence-electron chi connectivity index (χ0n) is 12.8. The molecule has 2 N–H and O–H groups in total. The molecule has 0 aliphatic rings. The first kappa shape index (κ1) is 14.6. The van der Waals surface area contributed by atoms with Crippen molar-refractivity contribution >= 4 is 17.2 Å². The summed E-state index contributed by atoms with van der Waals surface area (Å²) >= 11 is 0. The van der Waals surface area contributed by atoms with Gasteiger partial charge in [-0.05, 0) is 41.5 Å². The van der Waals surface area contributed by atoms with E-state index in [-0.39, 0.29) is 0 Å². The zero-order chi connectivity index (χ0) is 16.2. The topological polar surface area (TPSA) is 65.9 Å². The number of rotatable bonds is 3. The van der Waals surface area contributed by atoms with Crippen LogP contribution in [-0.2, 0) is 0 Å². The van der Waals surface area contributed by atoms with Crippen molar-refractivity contribution in [3.05, 3.63) is 72.4 Å². The van der Waals surface area contributed by atoms with Gasteiger partial charge < -0.3 is 10.6 Å². The van der Waals surface area contributed by atoms with Crippen LogP contribution in [0, 0.1) is 11.3 Å². The molecule has 0 fully saturated rings. The van der Waals surface area contributed by atoms with E-state index in [2.05, 4.69) is 11.1 Å². The van der Waals surface area contributed by atoms with E-state index < -0.39 is 0 Å². The Kier molecular flexibility index (Phi) is 3.94. The third-order valence-corrected chi connectivity index (χ3v) is 3.75. The Morgan fingerprint density at radius 3 is 2.43 bits per heavy atom. The van der Waals surface area contributed by atoms with E-state index in [1.807, 2.05) is 72.6 Å². The fourth-order valence-electron chi connectivity index (χ4n) is 2.51. The van der Waals surface area contributed by atoms with E-state index in [0.717, 1.165) is 22.6 Å². The summed E-state index contributed by atoms with van der Waals surface area (Å²) < 4.78 is 0. The molecular formula is C19H16N4. The Labute approximate surface area is 135 Å². The predicted octanol–water partition coefficient (Wildman–Crippen LogP) is 3.97. The summed E-state index contributed by atoms with van der Waals surface area (Å²) in [5.41, 5.74) is 10.2. The molecule has 23 heavy (non-hydrogen) atoms. The predicted molar refractivity (Wildman–Crippen MR) is 93.3 cm³/mol. The third kappa shape index (κ3) is 2.85. The number of nitriles is 1. The SMILES string of the molecule is CN(c1ccc(-c2ccccc2C#N)cc1)c1ncccc1N. The highest BCUT2D eigenvalue weighted by Crippen LogP contribution is 2.29. The molecule has 3 rings (SSSR count). The van der Waals surface area contributed by atoms with Crippen molar-refractivity contribution in [2.75, 3.05) is 17.7 Å². The van der Waals surface area contributed by atoms with Crippen molar-refractivity contribution in [1.82, 2.24) is 4.98 Å². The number of nitrogen functional groups attached to an aromatic ring is 1. The highest BCUT2D eigenvalue weighted by atomic mass is 15.2. The first-order valence-corrected chi connectivity index (χ1v) is 7.24. The van der Waals surface area contributed by atoms with Gasteiger partial charge in [0, 0.05) is 18.9 Å². The number of aromatic nitrogens is 1. The average molecular weight is 300 g/mol. The molecule has 0 radical (unpaired) electrons. The maximum atomic E-state index is 9.22. The Morgan fingerprint density at radius 1 is 1.00 bits per heavy atom. The average Bonchev–Trinajstić information content (AvgIpc) is 2.61. The maximum absolute atomic E-state index is 9.22. The number of anilines is 3. The Hall–Kier alpha value is -3.32. The van der Waals surface area contributed by atoms with Crippen LogP contribution in [-0.4, -0.2) is 12.0 Å². The quantitative estimate of drug-likeness (QED) is 0.794. The minimum Gasteiger partial charge on any atom is -0.396 e. The molecule has 4 nitrogen and oxygen atoms in total. The van der Waals surface area contributed by atoms with Crippen molar-refractivity contribution in [2.45, 2.75) is 0 Å². The van der Waals surface area contributed by atoms with Gasteiger partial charge in [-0.25, -0.2) is 4.98 Å². The van der Waals surface area contributed by atoms with Crippen LogP contribution >= 0.6 is 0 Å². The highest BCUT2D eigenvalue weighted by Gasteiger charge is 2.09. The monoisotopic (exact) mass is 300 g/mol. The molecule has 4 heteroatoms. The molecule has 1 aromatic heterocycles. The normalized spacial score (nSPS) is 10.1. The van der Waals surface area contributed by atoms with Crippen molar-refractivity contribution in [2.24, 2.45) is 0 Å². The molecule has 0 bridgehead atoms. The molecule has 0 saturated heterocycles. The molecule has 0 atom stereocenters. The van der Waals surface area contributed by atoms with Gasteiger partial charge in [-0.1, -0.05) is 30.3 Å². The summed E-state index contributed by atoms with van der Waals surface area (Å²) in [7, 11) is 1.93. The van der Waals surface area contributed by atoms with Gasteiger partial charge in [0.25, 0.3) is 0 Å². The standard InChI is InChI=1S/C19H16N4/c1-23(19-18(21)7-4-12-22-19)16-10-8-14(9-11-16)17-6-3-2-5-15(17)13-20/h2-12H,21H2,1H3. The summed E-state index contributed by atoms with van der Waals surface area (Å²) in [6.07, 6.45) is 1.72. The Bertz CT molecular complexity index is 863. The lowest BCUT2D eigenvalue weighted by Gasteiger charge is -2.20. The molecule has 1 heterocycles. The molecule has 2 aromatic carbocycles. The molecule has 0 spiro atoms. The summed E-state index contributed by atoms with van der Waals surface area (Å²) in [5.74, 6) is 0.720.